The van der Waals surface area contributed by atoms with Crippen molar-refractivity contribution in [3.63, 3.8) is 0 Å². The molecule has 1 heterocycles. The number of likely N-dealkylation sites (N-methyl/N-ethyl adjacent to an activating group) is 1. The van der Waals surface area contributed by atoms with Gasteiger partial charge in [-0.2, -0.15) is 0 Å². The molecule has 1 rings (SSSR count). The highest BCUT2D eigenvalue weighted by Crippen LogP contribution is 2.29. The van der Waals surface area contributed by atoms with Crippen molar-refractivity contribution in [1.82, 2.24) is 9.80 Å². The van der Waals surface area contributed by atoms with Gasteiger partial charge in [-0.1, -0.05) is 20.8 Å². The summed E-state index contributed by atoms with van der Waals surface area (Å²) in [4.78, 5) is 5.07. The average Bonchev–Trinajstić information content (AvgIpc) is 2.16. The van der Waals surface area contributed by atoms with Crippen LogP contribution in [-0.4, -0.2) is 54.6 Å². The van der Waals surface area contributed by atoms with Gasteiger partial charge in [-0.15, -0.1) is 0 Å². The van der Waals surface area contributed by atoms with Gasteiger partial charge in [0, 0.05) is 38.3 Å². The van der Waals surface area contributed by atoms with Gasteiger partial charge in [-0.25, -0.2) is 0 Å². The Morgan fingerprint density at radius 1 is 0.938 bits per heavy atom. The molecule has 16 heavy (non-hydrogen) atoms. The van der Waals surface area contributed by atoms with Crippen molar-refractivity contribution in [3.05, 3.63) is 0 Å². The molecule has 0 aliphatic carbocycles. The molecule has 0 aromatic carbocycles. The number of hydrogen-bond acceptors (Lipinski definition) is 3. The van der Waals surface area contributed by atoms with E-state index >= 15 is 0 Å². The summed E-state index contributed by atoms with van der Waals surface area (Å²) in [6.45, 7) is 18.1. The molecule has 0 saturated carbocycles. The molecule has 0 unspecified atom stereocenters. The molecule has 3 heteroatoms. The van der Waals surface area contributed by atoms with Gasteiger partial charge in [0.1, 0.15) is 0 Å². The van der Waals surface area contributed by atoms with Crippen LogP contribution in [0, 0.1) is 5.41 Å². The maximum absolute atomic E-state index is 6.25. The first-order valence-electron chi connectivity index (χ1n) is 6.50. The van der Waals surface area contributed by atoms with Crippen LogP contribution >= 0.6 is 0 Å². The standard InChI is InChI=1S/C13H29N3/c1-6-15-7-9-16(10-8-15)11-12(2,3)13(4,5)14/h6-11,14H2,1-5H3. The molecule has 1 saturated heterocycles. The highest BCUT2D eigenvalue weighted by atomic mass is 15.3. The van der Waals surface area contributed by atoms with E-state index in [4.69, 9.17) is 5.73 Å². The van der Waals surface area contributed by atoms with Crippen LogP contribution in [0.4, 0.5) is 0 Å². The summed E-state index contributed by atoms with van der Waals surface area (Å²) in [5.41, 5.74) is 6.30. The summed E-state index contributed by atoms with van der Waals surface area (Å²) in [6.07, 6.45) is 0. The predicted octanol–water partition coefficient (Wildman–Crippen LogP) is 1.39. The Bertz CT molecular complexity index is 210. The number of nitrogens with two attached hydrogens (primary N) is 1. The SMILES string of the molecule is CCN1CCN(CC(C)(C)C(C)(C)N)CC1. The highest BCUT2D eigenvalue weighted by Gasteiger charge is 2.35. The van der Waals surface area contributed by atoms with Crippen molar-refractivity contribution < 1.29 is 0 Å². The molecule has 0 bridgehead atoms. The number of rotatable bonds is 4. The molecule has 2 N–H and O–H groups in total. The summed E-state index contributed by atoms with van der Waals surface area (Å²) in [7, 11) is 0. The lowest BCUT2D eigenvalue weighted by atomic mass is 9.75. The lowest BCUT2D eigenvalue weighted by Crippen LogP contribution is -2.56. The second-order valence-electron chi connectivity index (χ2n) is 6.32. The van der Waals surface area contributed by atoms with Gasteiger partial charge < -0.3 is 15.5 Å². The van der Waals surface area contributed by atoms with E-state index in [9.17, 15) is 0 Å². The first-order valence-corrected chi connectivity index (χ1v) is 6.50. The van der Waals surface area contributed by atoms with Crippen LogP contribution in [-0.2, 0) is 0 Å². The van der Waals surface area contributed by atoms with E-state index in [-0.39, 0.29) is 11.0 Å². The van der Waals surface area contributed by atoms with Crippen molar-refractivity contribution in [3.8, 4) is 0 Å². The summed E-state index contributed by atoms with van der Waals surface area (Å²) >= 11 is 0. The molecule has 96 valence electrons. The fourth-order valence-corrected chi connectivity index (χ4v) is 2.03. The average molecular weight is 227 g/mol. The van der Waals surface area contributed by atoms with Crippen LogP contribution < -0.4 is 5.73 Å². The zero-order valence-electron chi connectivity index (χ0n) is 11.7. The molecule has 1 aliphatic heterocycles. The Labute approximate surface area is 101 Å². The molecule has 1 aliphatic rings. The van der Waals surface area contributed by atoms with Gasteiger partial charge in [0.25, 0.3) is 0 Å². The Morgan fingerprint density at radius 2 is 1.38 bits per heavy atom. The predicted molar refractivity (Wildman–Crippen MR) is 70.6 cm³/mol. The first kappa shape index (κ1) is 13.9. The van der Waals surface area contributed by atoms with Gasteiger partial charge in [0.2, 0.25) is 0 Å². The quantitative estimate of drug-likeness (QED) is 0.788. The molecule has 0 aromatic heterocycles. The molecule has 0 amide bonds. The van der Waals surface area contributed by atoms with E-state index in [0.29, 0.717) is 0 Å². The van der Waals surface area contributed by atoms with Gasteiger partial charge in [-0.3, -0.25) is 0 Å². The third-order valence-electron chi connectivity index (χ3n) is 4.28. The van der Waals surface area contributed by atoms with Crippen LogP contribution in [0.15, 0.2) is 0 Å². The summed E-state index contributed by atoms with van der Waals surface area (Å²) in [5, 5.41) is 0. The van der Waals surface area contributed by atoms with Gasteiger partial charge in [0.15, 0.2) is 0 Å². The third kappa shape index (κ3) is 3.44. The summed E-state index contributed by atoms with van der Waals surface area (Å²) in [5.74, 6) is 0. The van der Waals surface area contributed by atoms with Gasteiger partial charge >= 0.3 is 0 Å². The minimum absolute atomic E-state index is 0.116. The third-order valence-corrected chi connectivity index (χ3v) is 4.28. The first-order chi connectivity index (χ1) is 7.26. The molecule has 0 spiro atoms. The molecular weight excluding hydrogens is 198 g/mol. The Hall–Kier alpha value is -0.120. The monoisotopic (exact) mass is 227 g/mol. The Balaban J connectivity index is 2.45. The van der Waals surface area contributed by atoms with Crippen molar-refractivity contribution in [1.29, 1.82) is 0 Å². The maximum Gasteiger partial charge on any atom is 0.0161 e. The van der Waals surface area contributed by atoms with Gasteiger partial charge in [-0.05, 0) is 25.8 Å². The van der Waals surface area contributed by atoms with E-state index in [1.165, 1.54) is 32.7 Å². The van der Waals surface area contributed by atoms with Crippen LogP contribution in [0.5, 0.6) is 0 Å². The second kappa shape index (κ2) is 5.03. The van der Waals surface area contributed by atoms with Crippen molar-refractivity contribution in [2.75, 3.05) is 39.3 Å². The van der Waals surface area contributed by atoms with Crippen LogP contribution in [0.3, 0.4) is 0 Å². The smallest absolute Gasteiger partial charge is 0.0161 e. The maximum atomic E-state index is 6.25. The van der Waals surface area contributed by atoms with E-state index in [2.05, 4.69) is 44.4 Å². The van der Waals surface area contributed by atoms with Crippen molar-refractivity contribution in [2.45, 2.75) is 40.2 Å². The number of piperazine rings is 1. The van der Waals surface area contributed by atoms with E-state index in [1.54, 1.807) is 0 Å². The van der Waals surface area contributed by atoms with Crippen LogP contribution in [0.1, 0.15) is 34.6 Å². The van der Waals surface area contributed by atoms with Crippen molar-refractivity contribution >= 4 is 0 Å². The number of nitrogens with zero attached hydrogens (tertiary/aromatic N) is 2. The lowest BCUT2D eigenvalue weighted by molar-refractivity contribution is 0.0699. The molecule has 0 atom stereocenters. The number of hydrogen-bond donors (Lipinski definition) is 1. The molecule has 1 fully saturated rings. The van der Waals surface area contributed by atoms with Crippen molar-refractivity contribution in [2.24, 2.45) is 11.1 Å². The van der Waals surface area contributed by atoms with E-state index in [0.717, 1.165) is 6.54 Å². The minimum atomic E-state index is -0.116. The molecular formula is C13H29N3. The largest absolute Gasteiger partial charge is 0.325 e. The topological polar surface area (TPSA) is 32.5 Å². The Kier molecular flexibility index (Phi) is 4.38. The zero-order chi connectivity index (χ0) is 12.4. The van der Waals surface area contributed by atoms with Crippen LogP contribution in [0.25, 0.3) is 0 Å². The minimum Gasteiger partial charge on any atom is -0.325 e. The summed E-state index contributed by atoms with van der Waals surface area (Å²) in [6, 6.07) is 0. The van der Waals surface area contributed by atoms with Crippen LogP contribution in [0.2, 0.25) is 0 Å². The molecule has 0 aromatic rings. The second-order valence-corrected chi connectivity index (χ2v) is 6.32. The fourth-order valence-electron chi connectivity index (χ4n) is 2.03. The molecule has 3 nitrogen and oxygen atoms in total. The lowest BCUT2D eigenvalue weighted by Gasteiger charge is -2.44. The fraction of sp³-hybridized carbons (Fsp3) is 1.00. The van der Waals surface area contributed by atoms with E-state index in [1.807, 2.05) is 0 Å². The van der Waals surface area contributed by atoms with Gasteiger partial charge in [0.05, 0.1) is 0 Å². The summed E-state index contributed by atoms with van der Waals surface area (Å²) < 4.78 is 0. The molecule has 0 radical (unpaired) electrons. The van der Waals surface area contributed by atoms with E-state index < -0.39 is 0 Å². The Morgan fingerprint density at radius 3 is 1.75 bits per heavy atom. The normalized spacial score (nSPS) is 21.4. The highest BCUT2D eigenvalue weighted by molar-refractivity contribution is 4.92. The zero-order valence-corrected chi connectivity index (χ0v) is 11.7.